The predicted octanol–water partition coefficient (Wildman–Crippen LogP) is 5.01. The number of hydrogen-bond acceptors (Lipinski definition) is 6. The van der Waals surface area contributed by atoms with Crippen LogP contribution in [0.1, 0.15) is 41.5 Å². The van der Waals surface area contributed by atoms with Crippen molar-refractivity contribution in [3.63, 3.8) is 0 Å². The molecular formula is C20H60N2O4Si4. The molecule has 190 valence electrons. The van der Waals surface area contributed by atoms with Crippen LogP contribution in [0.2, 0.25) is 51.4 Å². The molecule has 0 radical (unpaired) electrons. The molecule has 1 fully saturated rings. The summed E-state index contributed by atoms with van der Waals surface area (Å²) in [6, 6.07) is 2.31. The van der Waals surface area contributed by atoms with Crippen molar-refractivity contribution in [3.8, 4) is 0 Å². The van der Waals surface area contributed by atoms with Gasteiger partial charge in [-0.25, -0.2) is 0 Å². The van der Waals surface area contributed by atoms with Crippen LogP contribution in [0, 0.1) is 0 Å². The summed E-state index contributed by atoms with van der Waals surface area (Å²) in [5, 5.41) is 0. The highest BCUT2D eigenvalue weighted by atomic mass is 28.4. The van der Waals surface area contributed by atoms with Crippen LogP contribution < -0.4 is 5.73 Å². The van der Waals surface area contributed by atoms with Gasteiger partial charge >= 0.3 is 8.56 Å². The second kappa shape index (κ2) is 22.8. The first-order chi connectivity index (χ1) is 13.0. The lowest BCUT2D eigenvalue weighted by molar-refractivity contribution is 0.249. The van der Waals surface area contributed by atoms with Crippen molar-refractivity contribution in [1.82, 2.24) is 4.23 Å². The molecule has 0 bridgehead atoms. The minimum absolute atomic E-state index is 0. The Labute approximate surface area is 197 Å². The summed E-state index contributed by atoms with van der Waals surface area (Å²) in [4.78, 5) is 0. The molecular weight excluding hydrogens is 445 g/mol. The van der Waals surface area contributed by atoms with E-state index in [2.05, 4.69) is 41.4 Å². The van der Waals surface area contributed by atoms with Gasteiger partial charge in [0.05, 0.1) is 0 Å². The van der Waals surface area contributed by atoms with Gasteiger partial charge in [-0.1, -0.05) is 54.9 Å². The van der Waals surface area contributed by atoms with Gasteiger partial charge in [0.25, 0.3) is 8.48 Å². The maximum Gasteiger partial charge on any atom is 0.334 e. The van der Waals surface area contributed by atoms with Crippen molar-refractivity contribution >= 4 is 35.0 Å². The third-order valence-electron chi connectivity index (χ3n) is 4.83. The maximum absolute atomic E-state index is 5.74. The van der Waals surface area contributed by atoms with Crippen molar-refractivity contribution in [1.29, 1.82) is 0 Å². The summed E-state index contributed by atoms with van der Waals surface area (Å²) >= 11 is 0. The average Bonchev–Trinajstić information content (AvgIpc) is 3.11. The van der Waals surface area contributed by atoms with E-state index < -0.39 is 25.3 Å². The van der Waals surface area contributed by atoms with E-state index in [9.17, 15) is 0 Å². The lowest BCUT2D eigenvalue weighted by Gasteiger charge is -2.40. The fourth-order valence-corrected chi connectivity index (χ4v) is 13.6. The van der Waals surface area contributed by atoms with Gasteiger partial charge in [0.2, 0.25) is 0 Å². The van der Waals surface area contributed by atoms with Crippen molar-refractivity contribution in [2.75, 3.05) is 41.5 Å². The minimum atomic E-state index is -1.80. The second-order valence-corrected chi connectivity index (χ2v) is 21.7. The quantitative estimate of drug-likeness (QED) is 0.469. The van der Waals surface area contributed by atoms with Crippen LogP contribution in [0.5, 0.6) is 0 Å². The van der Waals surface area contributed by atoms with Gasteiger partial charge < -0.3 is 27.7 Å². The number of nitrogens with two attached hydrogens (primary N) is 1. The van der Waals surface area contributed by atoms with Crippen molar-refractivity contribution in [2.45, 2.75) is 92.9 Å². The Hall–Kier alpha value is 0.628. The third-order valence-corrected chi connectivity index (χ3v) is 17.2. The molecule has 10 heteroatoms. The molecule has 6 nitrogen and oxygen atoms in total. The van der Waals surface area contributed by atoms with Gasteiger partial charge in [-0.2, -0.15) is 0 Å². The zero-order valence-electron chi connectivity index (χ0n) is 21.1. The van der Waals surface area contributed by atoms with E-state index in [1.54, 1.807) is 21.3 Å². The van der Waals surface area contributed by atoms with E-state index in [0.717, 1.165) is 19.0 Å². The summed E-state index contributed by atoms with van der Waals surface area (Å²) in [5.41, 5.74) is 5.36. The van der Waals surface area contributed by atoms with Crippen LogP contribution in [-0.2, 0) is 17.7 Å². The van der Waals surface area contributed by atoms with E-state index in [-0.39, 0.29) is 24.6 Å². The van der Waals surface area contributed by atoms with Crippen molar-refractivity contribution in [2.24, 2.45) is 5.73 Å². The molecule has 1 aliphatic rings. The molecule has 2 N–H and O–H groups in total. The van der Waals surface area contributed by atoms with E-state index in [1.807, 2.05) is 27.5 Å². The summed E-state index contributed by atoms with van der Waals surface area (Å²) in [6.45, 7) is 19.8. The van der Waals surface area contributed by atoms with E-state index in [0.29, 0.717) is 0 Å². The van der Waals surface area contributed by atoms with Gasteiger partial charge in [-0.3, -0.25) is 0 Å². The minimum Gasteiger partial charge on any atom is -0.427 e. The smallest absolute Gasteiger partial charge is 0.334 e. The first kappa shape index (κ1) is 40.9. The van der Waals surface area contributed by atoms with E-state index in [1.165, 1.54) is 19.0 Å². The summed E-state index contributed by atoms with van der Waals surface area (Å²) in [7, 11) is 2.62. The molecule has 1 rings (SSSR count). The van der Waals surface area contributed by atoms with Crippen LogP contribution in [0.3, 0.4) is 0 Å². The second-order valence-electron chi connectivity index (χ2n) is 7.82. The maximum atomic E-state index is 5.74. The SMILES string of the molecule is C.C.CC.CO[SiH2]C.CO[Si](C)(CCCN)OC.CO[Si]1(C)CCCN1[Si](C)(C)C. The first-order valence-electron chi connectivity index (χ1n) is 10.6. The van der Waals surface area contributed by atoms with Crippen LogP contribution in [-0.4, -0.2) is 80.8 Å². The summed E-state index contributed by atoms with van der Waals surface area (Å²) < 4.78 is 23.6. The molecule has 1 saturated heterocycles. The summed E-state index contributed by atoms with van der Waals surface area (Å²) in [5.74, 6) is 0. The molecule has 1 heterocycles. The monoisotopic (exact) mass is 504 g/mol. The molecule has 0 aromatic carbocycles. The average molecular weight is 505 g/mol. The van der Waals surface area contributed by atoms with Gasteiger partial charge in [-0.15, -0.1) is 0 Å². The first-order valence-corrected chi connectivity index (χ1v) is 21.1. The van der Waals surface area contributed by atoms with Gasteiger partial charge in [0, 0.05) is 28.4 Å². The molecule has 0 amide bonds. The molecule has 1 unspecified atom stereocenters. The van der Waals surface area contributed by atoms with E-state index >= 15 is 0 Å². The highest BCUT2D eigenvalue weighted by Crippen LogP contribution is 2.31. The van der Waals surface area contributed by atoms with Gasteiger partial charge in [0.1, 0.15) is 8.24 Å². The number of hydrogen-bond donors (Lipinski definition) is 1. The Bertz CT molecular complexity index is 345. The molecule has 1 aliphatic heterocycles. The normalized spacial score (nSPS) is 18.7. The Morgan fingerprint density at radius 3 is 1.67 bits per heavy atom. The Kier molecular flexibility index (Phi) is 31.1. The standard InChI is InChI=1S/C8H21NOSi2.C6H17NO2Si.C2H8OSi.C2H6.2CH4/c1-10-12(5)8-6-7-9(12)11(2,3)4;1-8-10(3,9-2)6-4-5-7;1-3-4-2;1-2;;/h6-8H2,1-5H3;4-7H2,1-3H3;4H2,1-2H3;1-2H3;2*1H4. The van der Waals surface area contributed by atoms with Gasteiger partial charge in [0.15, 0.2) is 9.76 Å². The fraction of sp³-hybridized carbons (Fsp3) is 1.00. The van der Waals surface area contributed by atoms with Crippen LogP contribution in [0.4, 0.5) is 0 Å². The van der Waals surface area contributed by atoms with Crippen LogP contribution in [0.25, 0.3) is 0 Å². The molecule has 0 aromatic heterocycles. The Balaban J connectivity index is -0.000000106. The van der Waals surface area contributed by atoms with Crippen molar-refractivity contribution in [3.05, 3.63) is 0 Å². The highest BCUT2D eigenvalue weighted by molar-refractivity contribution is 6.88. The summed E-state index contributed by atoms with van der Waals surface area (Å²) in [6.07, 6.45) is 2.34. The molecule has 30 heavy (non-hydrogen) atoms. The lowest BCUT2D eigenvalue weighted by atomic mass is 10.5. The topological polar surface area (TPSA) is 66.2 Å². The Morgan fingerprint density at radius 1 is 1.00 bits per heavy atom. The third kappa shape index (κ3) is 18.2. The van der Waals surface area contributed by atoms with Gasteiger partial charge in [-0.05, 0) is 51.1 Å². The van der Waals surface area contributed by atoms with Crippen molar-refractivity contribution < 1.29 is 17.7 Å². The highest BCUT2D eigenvalue weighted by Gasteiger charge is 2.45. The fourth-order valence-electron chi connectivity index (χ4n) is 2.90. The molecule has 0 aromatic rings. The number of rotatable bonds is 8. The molecule has 0 saturated carbocycles. The molecule has 0 aliphatic carbocycles. The van der Waals surface area contributed by atoms with Crippen LogP contribution in [0.15, 0.2) is 0 Å². The zero-order valence-corrected chi connectivity index (χ0v) is 25.5. The molecule has 1 atom stereocenters. The van der Waals surface area contributed by atoms with Crippen LogP contribution >= 0.6 is 0 Å². The molecule has 0 spiro atoms. The van der Waals surface area contributed by atoms with E-state index in [4.69, 9.17) is 19.0 Å². The predicted molar refractivity (Wildman–Crippen MR) is 148 cm³/mol. The Morgan fingerprint density at radius 2 is 1.43 bits per heavy atom. The number of nitrogens with zero attached hydrogens (tertiary/aromatic N) is 1. The lowest BCUT2D eigenvalue weighted by Crippen LogP contribution is -2.59. The largest absolute Gasteiger partial charge is 0.427 e. The zero-order chi connectivity index (χ0) is 22.9.